The zero-order valence-corrected chi connectivity index (χ0v) is 14.8. The summed E-state index contributed by atoms with van der Waals surface area (Å²) >= 11 is 0. The van der Waals surface area contributed by atoms with Gasteiger partial charge in [0.2, 0.25) is 0 Å². The molecule has 0 aliphatic rings. The van der Waals surface area contributed by atoms with Crippen LogP contribution in [0.1, 0.15) is 38.9 Å². The summed E-state index contributed by atoms with van der Waals surface area (Å²) in [5, 5.41) is 22.9. The summed E-state index contributed by atoms with van der Waals surface area (Å²) in [5.74, 6) is 1.00. The van der Waals surface area contributed by atoms with Gasteiger partial charge in [-0.25, -0.2) is 4.79 Å². The maximum absolute atomic E-state index is 11.5. The molecule has 1 aromatic rings. The van der Waals surface area contributed by atoms with Crippen molar-refractivity contribution >= 4 is 6.09 Å². The van der Waals surface area contributed by atoms with Crippen molar-refractivity contribution in [2.24, 2.45) is 0 Å². The number of aliphatic hydroxyl groups excluding tert-OH is 2. The number of rotatable bonds is 7. The van der Waals surface area contributed by atoms with Crippen molar-refractivity contribution in [1.29, 1.82) is 0 Å². The van der Waals surface area contributed by atoms with Crippen LogP contribution >= 0.6 is 0 Å². The van der Waals surface area contributed by atoms with Crippen molar-refractivity contribution in [2.75, 3.05) is 20.8 Å². The van der Waals surface area contributed by atoms with E-state index in [0.717, 1.165) is 0 Å². The number of hydrogen-bond donors (Lipinski definition) is 3. The molecular formula is C17H27NO6. The van der Waals surface area contributed by atoms with Crippen LogP contribution in [-0.2, 0) is 4.74 Å². The molecular weight excluding hydrogens is 314 g/mol. The Labute approximate surface area is 142 Å². The number of carbonyl (C=O) groups is 1. The Morgan fingerprint density at radius 2 is 1.79 bits per heavy atom. The molecule has 0 saturated carbocycles. The molecule has 0 saturated heterocycles. The molecule has 136 valence electrons. The van der Waals surface area contributed by atoms with Gasteiger partial charge in [0.1, 0.15) is 11.7 Å². The van der Waals surface area contributed by atoms with Gasteiger partial charge in [-0.3, -0.25) is 0 Å². The predicted octanol–water partition coefficient (Wildman–Crippen LogP) is 2.01. The molecule has 24 heavy (non-hydrogen) atoms. The largest absolute Gasteiger partial charge is 0.493 e. The first kappa shape index (κ1) is 20.1. The monoisotopic (exact) mass is 341 g/mol. The van der Waals surface area contributed by atoms with Crippen molar-refractivity contribution in [3.63, 3.8) is 0 Å². The molecule has 7 heteroatoms. The summed E-state index contributed by atoms with van der Waals surface area (Å²) in [5.41, 5.74) is -0.0839. The van der Waals surface area contributed by atoms with Crippen LogP contribution in [0.15, 0.2) is 18.2 Å². The fourth-order valence-electron chi connectivity index (χ4n) is 2.05. The van der Waals surface area contributed by atoms with Crippen LogP contribution in [0.2, 0.25) is 0 Å². The molecule has 0 aliphatic carbocycles. The van der Waals surface area contributed by atoms with Gasteiger partial charge >= 0.3 is 6.09 Å². The predicted molar refractivity (Wildman–Crippen MR) is 89.4 cm³/mol. The first-order chi connectivity index (χ1) is 11.2. The summed E-state index contributed by atoms with van der Waals surface area (Å²) in [6.07, 6.45) is -2.53. The van der Waals surface area contributed by atoms with Gasteiger partial charge in [-0.2, -0.15) is 0 Å². The van der Waals surface area contributed by atoms with Gasteiger partial charge in [0.15, 0.2) is 11.5 Å². The highest BCUT2D eigenvalue weighted by Gasteiger charge is 2.21. The van der Waals surface area contributed by atoms with Crippen molar-refractivity contribution in [2.45, 2.75) is 45.0 Å². The molecule has 1 aromatic carbocycles. The van der Waals surface area contributed by atoms with E-state index in [9.17, 15) is 15.0 Å². The van der Waals surface area contributed by atoms with Gasteiger partial charge in [-0.15, -0.1) is 0 Å². The highest BCUT2D eigenvalue weighted by molar-refractivity contribution is 5.67. The summed E-state index contributed by atoms with van der Waals surface area (Å²) in [6.45, 7) is 5.48. The molecule has 0 bridgehead atoms. The van der Waals surface area contributed by atoms with Crippen LogP contribution in [0.25, 0.3) is 0 Å². The summed E-state index contributed by atoms with van der Waals surface area (Å²) < 4.78 is 15.4. The van der Waals surface area contributed by atoms with Gasteiger partial charge in [-0.05, 0) is 44.9 Å². The van der Waals surface area contributed by atoms with Crippen LogP contribution < -0.4 is 14.8 Å². The quantitative estimate of drug-likeness (QED) is 0.702. The van der Waals surface area contributed by atoms with Crippen molar-refractivity contribution in [1.82, 2.24) is 5.32 Å². The summed E-state index contributed by atoms with van der Waals surface area (Å²) in [4.78, 5) is 11.5. The van der Waals surface area contributed by atoms with E-state index in [0.29, 0.717) is 17.1 Å². The molecule has 0 aromatic heterocycles. The Balaban J connectivity index is 2.56. The second-order valence-corrected chi connectivity index (χ2v) is 6.34. The van der Waals surface area contributed by atoms with E-state index in [2.05, 4.69) is 5.32 Å². The summed E-state index contributed by atoms with van der Waals surface area (Å²) in [7, 11) is 3.01. The fourth-order valence-corrected chi connectivity index (χ4v) is 2.05. The van der Waals surface area contributed by atoms with Crippen molar-refractivity contribution in [3.05, 3.63) is 23.8 Å². The molecule has 1 rings (SSSR count). The SMILES string of the molecule is COc1ccc(C(O)C(O)CCNC(=O)OC(C)(C)C)cc1OC. The van der Waals surface area contributed by atoms with Crippen molar-refractivity contribution in [3.8, 4) is 11.5 Å². The van der Waals surface area contributed by atoms with E-state index < -0.39 is 23.9 Å². The third-order valence-electron chi connectivity index (χ3n) is 3.22. The fraction of sp³-hybridized carbons (Fsp3) is 0.588. The Morgan fingerprint density at radius 1 is 1.17 bits per heavy atom. The van der Waals surface area contributed by atoms with E-state index in [4.69, 9.17) is 14.2 Å². The highest BCUT2D eigenvalue weighted by atomic mass is 16.6. The Morgan fingerprint density at radius 3 is 2.33 bits per heavy atom. The Kier molecular flexibility index (Phi) is 7.31. The van der Waals surface area contributed by atoms with E-state index in [1.165, 1.54) is 14.2 Å². The minimum atomic E-state index is -1.11. The Hall–Kier alpha value is -1.99. The first-order valence-corrected chi connectivity index (χ1v) is 7.73. The van der Waals surface area contributed by atoms with Gasteiger partial charge in [0, 0.05) is 6.54 Å². The number of methoxy groups -OCH3 is 2. The smallest absolute Gasteiger partial charge is 0.407 e. The lowest BCUT2D eigenvalue weighted by atomic mass is 10.0. The lowest BCUT2D eigenvalue weighted by Gasteiger charge is -2.21. The second kappa shape index (κ2) is 8.75. The Bertz CT molecular complexity index is 540. The average molecular weight is 341 g/mol. The number of alkyl carbamates (subject to hydrolysis) is 1. The summed E-state index contributed by atoms with van der Waals surface area (Å²) in [6, 6.07) is 4.91. The highest BCUT2D eigenvalue weighted by Crippen LogP contribution is 2.31. The second-order valence-electron chi connectivity index (χ2n) is 6.34. The number of benzene rings is 1. The molecule has 7 nitrogen and oxygen atoms in total. The van der Waals surface area contributed by atoms with E-state index in [-0.39, 0.29) is 13.0 Å². The van der Waals surface area contributed by atoms with Gasteiger partial charge in [0.05, 0.1) is 20.3 Å². The number of nitrogens with one attached hydrogen (secondary N) is 1. The van der Waals surface area contributed by atoms with Crippen LogP contribution in [0.3, 0.4) is 0 Å². The van der Waals surface area contributed by atoms with E-state index >= 15 is 0 Å². The van der Waals surface area contributed by atoms with Gasteiger partial charge in [-0.1, -0.05) is 6.07 Å². The van der Waals surface area contributed by atoms with E-state index in [1.807, 2.05) is 0 Å². The number of carbonyl (C=O) groups excluding carboxylic acids is 1. The van der Waals surface area contributed by atoms with Gasteiger partial charge < -0.3 is 29.7 Å². The van der Waals surface area contributed by atoms with Gasteiger partial charge in [0.25, 0.3) is 0 Å². The lowest BCUT2D eigenvalue weighted by Crippen LogP contribution is -2.34. The number of ether oxygens (including phenoxy) is 3. The molecule has 1 amide bonds. The van der Waals surface area contributed by atoms with Crippen LogP contribution in [0.4, 0.5) is 4.79 Å². The standard InChI is InChI=1S/C17H27NO6/c1-17(2,3)24-16(21)18-9-8-12(19)15(20)11-6-7-13(22-4)14(10-11)23-5/h6-7,10,12,15,19-20H,8-9H2,1-5H3,(H,18,21). The molecule has 2 atom stereocenters. The van der Waals surface area contributed by atoms with Crippen molar-refractivity contribution < 1.29 is 29.2 Å². The number of hydrogen-bond acceptors (Lipinski definition) is 6. The molecule has 0 radical (unpaired) electrons. The maximum atomic E-state index is 11.5. The average Bonchev–Trinajstić information content (AvgIpc) is 2.51. The topological polar surface area (TPSA) is 97.2 Å². The first-order valence-electron chi connectivity index (χ1n) is 7.73. The third kappa shape index (κ3) is 6.25. The normalized spacial score (nSPS) is 13.8. The zero-order chi connectivity index (χ0) is 18.3. The van der Waals surface area contributed by atoms with Crippen LogP contribution in [0.5, 0.6) is 11.5 Å². The number of amides is 1. The van der Waals surface area contributed by atoms with E-state index in [1.54, 1.807) is 39.0 Å². The molecule has 0 aliphatic heterocycles. The lowest BCUT2D eigenvalue weighted by molar-refractivity contribution is 0.0122. The molecule has 0 spiro atoms. The minimum Gasteiger partial charge on any atom is -0.493 e. The third-order valence-corrected chi connectivity index (χ3v) is 3.22. The molecule has 3 N–H and O–H groups in total. The van der Waals surface area contributed by atoms with Crippen LogP contribution in [0, 0.1) is 0 Å². The van der Waals surface area contributed by atoms with Crippen LogP contribution in [-0.4, -0.2) is 48.8 Å². The number of aliphatic hydroxyl groups is 2. The maximum Gasteiger partial charge on any atom is 0.407 e. The molecule has 2 unspecified atom stereocenters. The zero-order valence-electron chi connectivity index (χ0n) is 14.8. The molecule has 0 heterocycles. The molecule has 0 fully saturated rings. The minimum absolute atomic E-state index is 0.175.